The second-order valence-electron chi connectivity index (χ2n) is 4.99. The van der Waals surface area contributed by atoms with E-state index < -0.39 is 6.50 Å². The lowest BCUT2D eigenvalue weighted by Crippen LogP contribution is -2.28. The Hall–Kier alpha value is -1.35. The maximum absolute atomic E-state index is 11.5. The molecule has 0 fully saturated rings. The average molecular weight is 262 g/mol. The molecule has 1 aliphatic rings. The minimum absolute atomic E-state index is 0.00279. The van der Waals surface area contributed by atoms with Crippen LogP contribution in [-0.4, -0.2) is 30.4 Å². The Kier molecular flexibility index (Phi) is 4.05. The summed E-state index contributed by atoms with van der Waals surface area (Å²) < 4.78 is 16.9. The molecule has 1 aromatic rings. The van der Waals surface area contributed by atoms with E-state index in [4.69, 9.17) is 2.74 Å². The highest BCUT2D eigenvalue weighted by atomic mass is 16.1. The summed E-state index contributed by atoms with van der Waals surface area (Å²) in [6.07, 6.45) is 2.56. The topological polar surface area (TPSA) is 32.3 Å². The lowest BCUT2D eigenvalue weighted by Gasteiger charge is -2.21. The molecule has 19 heavy (non-hydrogen) atoms. The fourth-order valence-corrected chi connectivity index (χ4v) is 2.49. The van der Waals surface area contributed by atoms with E-state index in [1.807, 2.05) is 23.1 Å². The summed E-state index contributed by atoms with van der Waals surface area (Å²) in [4.78, 5) is 13.5. The van der Waals surface area contributed by atoms with Crippen molar-refractivity contribution in [3.05, 3.63) is 29.3 Å². The zero-order valence-electron chi connectivity index (χ0n) is 13.8. The van der Waals surface area contributed by atoms with Gasteiger partial charge in [-0.15, -0.1) is 0 Å². The van der Waals surface area contributed by atoms with Gasteiger partial charge in [-0.05, 0) is 49.5 Å². The van der Waals surface area contributed by atoms with Crippen LogP contribution in [0.2, 0.25) is 0 Å². The smallest absolute Gasteiger partial charge is 0.228 e. The molecule has 0 aromatic heterocycles. The number of hydrogen-bond acceptors (Lipinski definition) is 2. The van der Waals surface area contributed by atoms with Crippen molar-refractivity contribution in [2.45, 2.75) is 39.5 Å². The number of fused-ring (bicyclic) bond motifs is 1. The maximum Gasteiger partial charge on any atom is 0.228 e. The summed E-state index contributed by atoms with van der Waals surface area (Å²) in [6, 6.07) is 5.71. The maximum atomic E-state index is 11.5. The molecule has 104 valence electrons. The Labute approximate surface area is 118 Å². The first-order valence-corrected chi connectivity index (χ1v) is 7.13. The number of amides is 1. The van der Waals surface area contributed by atoms with Gasteiger partial charge in [0.2, 0.25) is 5.91 Å². The normalized spacial score (nSPS) is 16.1. The van der Waals surface area contributed by atoms with Crippen molar-refractivity contribution >= 4 is 11.6 Å². The molecule has 0 bridgehead atoms. The van der Waals surface area contributed by atoms with Crippen LogP contribution in [0.5, 0.6) is 0 Å². The summed E-state index contributed by atoms with van der Waals surface area (Å²) in [5, 5.41) is 2.83. The molecule has 1 aromatic carbocycles. The van der Waals surface area contributed by atoms with Crippen LogP contribution in [0.25, 0.3) is 0 Å². The number of aryl methyl sites for hydroxylation is 1. The third-order valence-corrected chi connectivity index (χ3v) is 3.36. The molecule has 0 saturated heterocycles. The van der Waals surface area contributed by atoms with Crippen LogP contribution in [0, 0.1) is 0 Å². The Balaban J connectivity index is 2.20. The zero-order valence-corrected chi connectivity index (χ0v) is 11.8. The first kappa shape index (κ1) is 11.5. The van der Waals surface area contributed by atoms with Gasteiger partial charge in [-0.1, -0.05) is 26.0 Å². The van der Waals surface area contributed by atoms with Gasteiger partial charge in [-0.3, -0.25) is 4.79 Å². The number of carbonyl (C=O) groups excluding carboxylic acids is 1. The predicted molar refractivity (Wildman–Crippen MR) is 79.5 cm³/mol. The summed E-state index contributed by atoms with van der Waals surface area (Å²) in [6.45, 7) is 4.27. The third kappa shape index (κ3) is 3.57. The van der Waals surface area contributed by atoms with Crippen LogP contribution in [-0.2, 0) is 17.6 Å². The molecule has 0 spiro atoms. The SMILES string of the molecule is [2H]C([2H])(Cc1cccc2c1CC(=O)N2)N(CCC)CCC. The van der Waals surface area contributed by atoms with Crippen LogP contribution in [0.3, 0.4) is 0 Å². The lowest BCUT2D eigenvalue weighted by molar-refractivity contribution is -0.115. The molecule has 1 aliphatic heterocycles. The standard InChI is InChI=1S/C16H24N2O/c1-3-9-18(10-4-2)11-8-13-6-5-7-15-14(13)12-16(19)17-15/h5-7H,3-4,8-12H2,1-2H3,(H,17,19)/i11D2. The summed E-state index contributed by atoms with van der Waals surface area (Å²) >= 11 is 0. The van der Waals surface area contributed by atoms with Gasteiger partial charge in [0.05, 0.1) is 6.42 Å². The van der Waals surface area contributed by atoms with Gasteiger partial charge in [0, 0.05) is 14.9 Å². The predicted octanol–water partition coefficient (Wildman–Crippen LogP) is 2.85. The second kappa shape index (κ2) is 6.71. The Morgan fingerprint density at radius 2 is 2.05 bits per heavy atom. The minimum atomic E-state index is -1.38. The van der Waals surface area contributed by atoms with Gasteiger partial charge in [0.25, 0.3) is 0 Å². The van der Waals surface area contributed by atoms with Crippen LogP contribution < -0.4 is 5.32 Å². The van der Waals surface area contributed by atoms with E-state index in [9.17, 15) is 4.79 Å². The van der Waals surface area contributed by atoms with E-state index in [0.717, 1.165) is 42.7 Å². The largest absolute Gasteiger partial charge is 0.326 e. The van der Waals surface area contributed by atoms with Crippen molar-refractivity contribution in [3.63, 3.8) is 0 Å². The monoisotopic (exact) mass is 262 g/mol. The zero-order chi connectivity index (χ0) is 15.5. The molecule has 1 amide bonds. The number of hydrogen-bond donors (Lipinski definition) is 1. The third-order valence-electron chi connectivity index (χ3n) is 3.36. The van der Waals surface area contributed by atoms with Gasteiger partial charge >= 0.3 is 0 Å². The molecule has 0 unspecified atom stereocenters. The van der Waals surface area contributed by atoms with Gasteiger partial charge in [-0.2, -0.15) is 0 Å². The minimum Gasteiger partial charge on any atom is -0.326 e. The average Bonchev–Trinajstić information content (AvgIpc) is 2.80. The molecule has 0 aliphatic carbocycles. The molecule has 1 heterocycles. The number of anilines is 1. The molecular weight excluding hydrogens is 236 g/mol. The van der Waals surface area contributed by atoms with Crippen LogP contribution in [0.1, 0.15) is 40.6 Å². The van der Waals surface area contributed by atoms with E-state index in [2.05, 4.69) is 19.2 Å². The number of benzene rings is 1. The van der Waals surface area contributed by atoms with Gasteiger partial charge in [0.1, 0.15) is 0 Å². The molecular formula is C16H24N2O. The Bertz CT molecular complexity index is 511. The van der Waals surface area contributed by atoms with Crippen molar-refractivity contribution in [1.29, 1.82) is 0 Å². The number of rotatable bonds is 7. The van der Waals surface area contributed by atoms with Gasteiger partial charge < -0.3 is 10.2 Å². The van der Waals surface area contributed by atoms with E-state index in [-0.39, 0.29) is 5.91 Å². The highest BCUT2D eigenvalue weighted by Gasteiger charge is 2.20. The number of nitrogens with zero attached hydrogens (tertiary/aromatic N) is 1. The van der Waals surface area contributed by atoms with Crippen molar-refractivity contribution < 1.29 is 7.54 Å². The van der Waals surface area contributed by atoms with E-state index in [1.165, 1.54) is 0 Å². The first-order chi connectivity index (χ1) is 9.97. The van der Waals surface area contributed by atoms with E-state index in [0.29, 0.717) is 12.8 Å². The van der Waals surface area contributed by atoms with E-state index >= 15 is 0 Å². The lowest BCUT2D eigenvalue weighted by atomic mass is 10.0. The van der Waals surface area contributed by atoms with Crippen LogP contribution in [0.4, 0.5) is 5.69 Å². The quantitative estimate of drug-likeness (QED) is 0.819. The highest BCUT2D eigenvalue weighted by molar-refractivity contribution is 5.99. The molecule has 0 radical (unpaired) electrons. The number of nitrogens with one attached hydrogen (secondary N) is 1. The molecule has 1 N–H and O–H groups in total. The van der Waals surface area contributed by atoms with Crippen molar-refractivity contribution in [1.82, 2.24) is 4.90 Å². The highest BCUT2D eigenvalue weighted by Crippen LogP contribution is 2.26. The summed E-state index contributed by atoms with van der Waals surface area (Å²) in [5.74, 6) is -0.00279. The van der Waals surface area contributed by atoms with Crippen molar-refractivity contribution in [2.24, 2.45) is 0 Å². The van der Waals surface area contributed by atoms with E-state index in [1.54, 1.807) is 0 Å². The Morgan fingerprint density at radius 1 is 1.32 bits per heavy atom. The molecule has 3 nitrogen and oxygen atoms in total. The molecule has 3 heteroatoms. The summed E-state index contributed by atoms with van der Waals surface area (Å²) in [5.41, 5.74) is 2.73. The fourth-order valence-electron chi connectivity index (χ4n) is 2.49. The number of carbonyl (C=O) groups is 1. The van der Waals surface area contributed by atoms with Crippen LogP contribution >= 0.6 is 0 Å². The molecule has 0 atom stereocenters. The first-order valence-electron chi connectivity index (χ1n) is 8.13. The van der Waals surface area contributed by atoms with Crippen LogP contribution in [0.15, 0.2) is 18.2 Å². The second-order valence-corrected chi connectivity index (χ2v) is 4.99. The Morgan fingerprint density at radius 3 is 2.74 bits per heavy atom. The van der Waals surface area contributed by atoms with Crippen molar-refractivity contribution in [2.75, 3.05) is 24.9 Å². The fraction of sp³-hybridized carbons (Fsp3) is 0.562. The molecule has 2 rings (SSSR count). The van der Waals surface area contributed by atoms with Gasteiger partial charge in [0.15, 0.2) is 0 Å². The van der Waals surface area contributed by atoms with Crippen molar-refractivity contribution in [3.8, 4) is 0 Å². The molecule has 0 saturated carbocycles. The summed E-state index contributed by atoms with van der Waals surface area (Å²) in [7, 11) is 0. The van der Waals surface area contributed by atoms with Gasteiger partial charge in [-0.25, -0.2) is 0 Å².